The molecule has 4 nitrogen and oxygen atoms in total. The van der Waals surface area contributed by atoms with Crippen molar-refractivity contribution in [2.24, 2.45) is 5.73 Å². The van der Waals surface area contributed by atoms with Gasteiger partial charge in [0, 0.05) is 25.7 Å². The van der Waals surface area contributed by atoms with Crippen LogP contribution in [0.3, 0.4) is 0 Å². The molecule has 116 valence electrons. The average molecular weight is 289 g/mol. The summed E-state index contributed by atoms with van der Waals surface area (Å²) in [5.74, 6) is -0.0383. The number of likely N-dealkylation sites (tertiary alicyclic amines) is 1. The lowest BCUT2D eigenvalue weighted by Crippen LogP contribution is -2.48. The predicted octanol–water partition coefficient (Wildman–Crippen LogP) is 1.68. The highest BCUT2D eigenvalue weighted by molar-refractivity contribution is 5.81. The second kappa shape index (κ2) is 7.57. The Morgan fingerprint density at radius 1 is 1.29 bits per heavy atom. The topological polar surface area (TPSA) is 58.4 Å². The zero-order chi connectivity index (χ0) is 15.2. The number of carbonyl (C=O) groups is 1. The van der Waals surface area contributed by atoms with Crippen LogP contribution in [-0.4, -0.2) is 36.0 Å². The first-order chi connectivity index (χ1) is 10.1. The van der Waals surface area contributed by atoms with Gasteiger partial charge in [-0.05, 0) is 37.3 Å². The van der Waals surface area contributed by atoms with E-state index >= 15 is 0 Å². The Bertz CT molecular complexity index is 448. The molecule has 0 bridgehead atoms. The Balaban J connectivity index is 1.77. The minimum Gasteiger partial charge on any atom is -0.352 e. The zero-order valence-corrected chi connectivity index (χ0v) is 13.1. The maximum atomic E-state index is 11.6. The van der Waals surface area contributed by atoms with Gasteiger partial charge in [-0.1, -0.05) is 31.2 Å². The number of hydrogen-bond donors (Lipinski definition) is 2. The van der Waals surface area contributed by atoms with Crippen LogP contribution in [0.5, 0.6) is 0 Å². The molecule has 0 saturated carbocycles. The standard InChI is InChI=1S/C17H27N3O/c1-3-14-4-6-15(7-5-14)12-20-10-8-16(9-11-20)19-17(21)13(2)18/h4-7,13,16H,3,8-12,18H2,1-2H3,(H,19,21)/t13-/m0/s1. The fraction of sp³-hybridized carbons (Fsp3) is 0.588. The highest BCUT2D eigenvalue weighted by Gasteiger charge is 2.21. The Kier molecular flexibility index (Phi) is 5.76. The quantitative estimate of drug-likeness (QED) is 0.867. The van der Waals surface area contributed by atoms with Crippen LogP contribution in [0, 0.1) is 0 Å². The first-order valence-electron chi connectivity index (χ1n) is 7.94. The van der Waals surface area contributed by atoms with E-state index in [-0.39, 0.29) is 11.9 Å². The Labute approximate surface area is 127 Å². The molecule has 0 unspecified atom stereocenters. The van der Waals surface area contributed by atoms with Crippen LogP contribution in [0.4, 0.5) is 0 Å². The molecule has 1 heterocycles. The van der Waals surface area contributed by atoms with Crippen LogP contribution >= 0.6 is 0 Å². The third kappa shape index (κ3) is 4.83. The predicted molar refractivity (Wildman–Crippen MR) is 85.9 cm³/mol. The number of carbonyl (C=O) groups excluding carboxylic acids is 1. The molecule has 2 rings (SSSR count). The van der Waals surface area contributed by atoms with Gasteiger partial charge in [0.1, 0.15) is 0 Å². The molecule has 1 aliphatic rings. The van der Waals surface area contributed by atoms with Crippen molar-refractivity contribution in [3.63, 3.8) is 0 Å². The molecule has 3 N–H and O–H groups in total. The van der Waals surface area contributed by atoms with E-state index in [1.54, 1.807) is 6.92 Å². The van der Waals surface area contributed by atoms with E-state index in [1.807, 2.05) is 0 Å². The van der Waals surface area contributed by atoms with Gasteiger partial charge in [0.2, 0.25) is 5.91 Å². The molecule has 1 atom stereocenters. The van der Waals surface area contributed by atoms with Crippen molar-refractivity contribution >= 4 is 5.91 Å². The van der Waals surface area contributed by atoms with Crippen LogP contribution in [0.1, 0.15) is 37.8 Å². The van der Waals surface area contributed by atoms with Crippen LogP contribution < -0.4 is 11.1 Å². The lowest BCUT2D eigenvalue weighted by atomic mass is 10.0. The van der Waals surface area contributed by atoms with E-state index < -0.39 is 6.04 Å². The minimum atomic E-state index is -0.417. The maximum absolute atomic E-state index is 11.6. The van der Waals surface area contributed by atoms with E-state index in [2.05, 4.69) is 41.4 Å². The van der Waals surface area contributed by atoms with Gasteiger partial charge < -0.3 is 11.1 Å². The Hall–Kier alpha value is -1.39. The number of nitrogens with two attached hydrogens (primary N) is 1. The van der Waals surface area contributed by atoms with E-state index in [1.165, 1.54) is 11.1 Å². The number of rotatable bonds is 5. The van der Waals surface area contributed by atoms with Crippen molar-refractivity contribution in [1.29, 1.82) is 0 Å². The van der Waals surface area contributed by atoms with E-state index in [9.17, 15) is 4.79 Å². The zero-order valence-electron chi connectivity index (χ0n) is 13.1. The van der Waals surface area contributed by atoms with Gasteiger partial charge in [0.05, 0.1) is 6.04 Å². The van der Waals surface area contributed by atoms with Crippen molar-refractivity contribution in [2.45, 2.75) is 51.7 Å². The SMILES string of the molecule is CCc1ccc(CN2CCC(NC(=O)[C@H](C)N)CC2)cc1. The molecule has 0 radical (unpaired) electrons. The molecule has 1 fully saturated rings. The van der Waals surface area contributed by atoms with Gasteiger partial charge in [-0.3, -0.25) is 9.69 Å². The first kappa shape index (κ1) is 16.0. The second-order valence-corrected chi connectivity index (χ2v) is 6.02. The summed E-state index contributed by atoms with van der Waals surface area (Å²) in [6.07, 6.45) is 3.10. The minimum absolute atomic E-state index is 0.0383. The second-order valence-electron chi connectivity index (χ2n) is 6.02. The number of hydrogen-bond acceptors (Lipinski definition) is 3. The summed E-state index contributed by atoms with van der Waals surface area (Å²) in [5, 5.41) is 3.03. The molecular weight excluding hydrogens is 262 g/mol. The average Bonchev–Trinajstić information content (AvgIpc) is 2.50. The molecule has 21 heavy (non-hydrogen) atoms. The monoisotopic (exact) mass is 289 g/mol. The molecule has 1 aromatic carbocycles. The van der Waals surface area contributed by atoms with Crippen molar-refractivity contribution in [3.05, 3.63) is 35.4 Å². The molecule has 1 saturated heterocycles. The van der Waals surface area contributed by atoms with Crippen LogP contribution in [0.15, 0.2) is 24.3 Å². The van der Waals surface area contributed by atoms with Crippen LogP contribution in [0.2, 0.25) is 0 Å². The maximum Gasteiger partial charge on any atom is 0.236 e. The molecule has 0 spiro atoms. The van der Waals surface area contributed by atoms with Crippen LogP contribution in [-0.2, 0) is 17.8 Å². The third-order valence-electron chi connectivity index (χ3n) is 4.18. The summed E-state index contributed by atoms with van der Waals surface area (Å²) in [5.41, 5.74) is 8.33. The smallest absolute Gasteiger partial charge is 0.236 e. The summed E-state index contributed by atoms with van der Waals surface area (Å²) in [4.78, 5) is 14.0. The van der Waals surface area contributed by atoms with Gasteiger partial charge >= 0.3 is 0 Å². The first-order valence-corrected chi connectivity index (χ1v) is 7.94. The summed E-state index contributed by atoms with van der Waals surface area (Å²) in [6.45, 7) is 6.96. The number of amides is 1. The lowest BCUT2D eigenvalue weighted by Gasteiger charge is -2.32. The summed E-state index contributed by atoms with van der Waals surface area (Å²) in [7, 11) is 0. The van der Waals surface area contributed by atoms with Gasteiger partial charge in [0.15, 0.2) is 0 Å². The molecule has 1 aromatic rings. The van der Waals surface area contributed by atoms with E-state index in [0.29, 0.717) is 0 Å². The molecule has 0 aromatic heterocycles. The molecule has 1 aliphatic heterocycles. The Morgan fingerprint density at radius 3 is 2.38 bits per heavy atom. The summed E-state index contributed by atoms with van der Waals surface area (Å²) in [6, 6.07) is 8.74. The Morgan fingerprint density at radius 2 is 1.86 bits per heavy atom. The van der Waals surface area contributed by atoms with Gasteiger partial charge in [-0.15, -0.1) is 0 Å². The third-order valence-corrected chi connectivity index (χ3v) is 4.18. The number of benzene rings is 1. The number of piperidine rings is 1. The van der Waals surface area contributed by atoms with E-state index in [4.69, 9.17) is 5.73 Å². The van der Waals surface area contributed by atoms with Crippen molar-refractivity contribution in [3.8, 4) is 0 Å². The summed E-state index contributed by atoms with van der Waals surface area (Å²) >= 11 is 0. The fourth-order valence-corrected chi connectivity index (χ4v) is 2.71. The normalized spacial score (nSPS) is 18.4. The number of nitrogens with zero attached hydrogens (tertiary/aromatic N) is 1. The highest BCUT2D eigenvalue weighted by atomic mass is 16.2. The molecule has 4 heteroatoms. The van der Waals surface area contributed by atoms with Gasteiger partial charge in [0.25, 0.3) is 0 Å². The van der Waals surface area contributed by atoms with Crippen molar-refractivity contribution in [2.75, 3.05) is 13.1 Å². The summed E-state index contributed by atoms with van der Waals surface area (Å²) < 4.78 is 0. The van der Waals surface area contributed by atoms with Crippen LogP contribution in [0.25, 0.3) is 0 Å². The van der Waals surface area contributed by atoms with Crippen molar-refractivity contribution in [1.82, 2.24) is 10.2 Å². The van der Waals surface area contributed by atoms with Crippen molar-refractivity contribution < 1.29 is 4.79 Å². The van der Waals surface area contributed by atoms with Gasteiger partial charge in [-0.2, -0.15) is 0 Å². The highest BCUT2D eigenvalue weighted by Crippen LogP contribution is 2.14. The lowest BCUT2D eigenvalue weighted by molar-refractivity contribution is -0.123. The number of nitrogens with one attached hydrogen (secondary N) is 1. The number of aryl methyl sites for hydroxylation is 1. The molecule has 0 aliphatic carbocycles. The largest absolute Gasteiger partial charge is 0.352 e. The molecule has 1 amide bonds. The van der Waals surface area contributed by atoms with E-state index in [0.717, 1.165) is 38.9 Å². The molecular formula is C17H27N3O. The van der Waals surface area contributed by atoms with Gasteiger partial charge in [-0.25, -0.2) is 0 Å². The fourth-order valence-electron chi connectivity index (χ4n) is 2.71.